The van der Waals surface area contributed by atoms with E-state index in [-0.39, 0.29) is 5.75 Å². The number of hydrogen-bond acceptors (Lipinski definition) is 4. The predicted molar refractivity (Wildman–Crippen MR) is 115 cm³/mol. The maximum absolute atomic E-state index is 10.0. The van der Waals surface area contributed by atoms with E-state index in [0.29, 0.717) is 11.3 Å². The summed E-state index contributed by atoms with van der Waals surface area (Å²) in [5.74, 6) is 0.474. The third-order valence-corrected chi connectivity index (χ3v) is 5.61. The van der Waals surface area contributed by atoms with Crippen molar-refractivity contribution < 1.29 is 9.84 Å². The van der Waals surface area contributed by atoms with Crippen molar-refractivity contribution in [3.63, 3.8) is 0 Å². The zero-order valence-corrected chi connectivity index (χ0v) is 18.5. The van der Waals surface area contributed by atoms with Crippen molar-refractivity contribution in [2.75, 3.05) is 7.11 Å². The van der Waals surface area contributed by atoms with E-state index >= 15 is 0 Å². The van der Waals surface area contributed by atoms with Crippen LogP contribution < -0.4 is 9.22 Å². The molecule has 1 unspecified atom stereocenters. The molecule has 0 aliphatic heterocycles. The number of nitrogens with zero attached hydrogens (tertiary/aromatic N) is 2. The Bertz CT molecular complexity index is 1030. The Balaban J connectivity index is 2.36. The van der Waals surface area contributed by atoms with Crippen LogP contribution in [0.15, 0.2) is 48.5 Å². The van der Waals surface area contributed by atoms with Gasteiger partial charge in [-0.05, 0) is 0 Å². The SMILES string of the molecule is CCCCc1c(-c2ccccc2)nc([AsH2])c(C#N)c1-c1ccc(O)c(OC)c1. The molecule has 0 saturated carbocycles. The van der Waals surface area contributed by atoms with Crippen LogP contribution in [0.3, 0.4) is 0 Å². The first-order valence-corrected chi connectivity index (χ1v) is 10.5. The molecule has 2 aromatic carbocycles. The molecule has 1 atom stereocenters. The molecule has 28 heavy (non-hydrogen) atoms. The molecule has 0 saturated heterocycles. The molecule has 1 aromatic heterocycles. The van der Waals surface area contributed by atoms with Crippen molar-refractivity contribution in [3.8, 4) is 40.0 Å². The van der Waals surface area contributed by atoms with Crippen LogP contribution in [0.2, 0.25) is 0 Å². The van der Waals surface area contributed by atoms with Gasteiger partial charge in [-0.25, -0.2) is 0 Å². The van der Waals surface area contributed by atoms with E-state index < -0.39 is 0 Å². The summed E-state index contributed by atoms with van der Waals surface area (Å²) >= 11 is 1.33. The molecule has 5 heteroatoms. The Morgan fingerprint density at radius 2 is 1.89 bits per heavy atom. The Hall–Kier alpha value is -2.76. The molecule has 0 radical (unpaired) electrons. The van der Waals surface area contributed by atoms with E-state index in [0.717, 1.165) is 51.7 Å². The number of ether oxygens (including phenoxy) is 1. The molecule has 0 fully saturated rings. The third-order valence-electron chi connectivity index (χ3n) is 4.73. The van der Waals surface area contributed by atoms with Gasteiger partial charge >= 0.3 is 174 Å². The molecule has 3 rings (SSSR count). The number of nitriles is 1. The van der Waals surface area contributed by atoms with Gasteiger partial charge in [-0.1, -0.05) is 0 Å². The number of phenolic OH excluding ortho intramolecular Hbond substituents is 1. The number of aromatic nitrogens is 1. The van der Waals surface area contributed by atoms with Crippen LogP contribution in [0.25, 0.3) is 22.4 Å². The van der Waals surface area contributed by atoms with Crippen LogP contribution in [0, 0.1) is 11.3 Å². The van der Waals surface area contributed by atoms with Crippen LogP contribution in [-0.4, -0.2) is 34.1 Å². The second-order valence-corrected chi connectivity index (χ2v) is 7.69. The van der Waals surface area contributed by atoms with Crippen LogP contribution in [0.4, 0.5) is 0 Å². The van der Waals surface area contributed by atoms with Gasteiger partial charge in [-0.2, -0.15) is 0 Å². The van der Waals surface area contributed by atoms with E-state index in [4.69, 9.17) is 9.72 Å². The van der Waals surface area contributed by atoms with Crippen LogP contribution in [0.5, 0.6) is 11.5 Å². The Morgan fingerprint density at radius 3 is 2.54 bits per heavy atom. The van der Waals surface area contributed by atoms with E-state index in [1.165, 1.54) is 24.0 Å². The zero-order valence-electron chi connectivity index (χ0n) is 16.1. The molecule has 142 valence electrons. The average Bonchev–Trinajstić information content (AvgIpc) is 2.73. The number of phenols is 1. The molecular formula is C23H23AsN2O2. The summed E-state index contributed by atoms with van der Waals surface area (Å²) in [6.45, 7) is 2.15. The van der Waals surface area contributed by atoms with Gasteiger partial charge in [0, 0.05) is 0 Å². The normalized spacial score (nSPS) is 10.5. The Morgan fingerprint density at radius 1 is 1.14 bits per heavy atom. The van der Waals surface area contributed by atoms with Crippen LogP contribution in [0.1, 0.15) is 30.9 Å². The van der Waals surface area contributed by atoms with E-state index in [9.17, 15) is 10.4 Å². The van der Waals surface area contributed by atoms with Gasteiger partial charge < -0.3 is 0 Å². The van der Waals surface area contributed by atoms with Gasteiger partial charge in [-0.15, -0.1) is 0 Å². The molecular weight excluding hydrogens is 411 g/mol. The summed E-state index contributed by atoms with van der Waals surface area (Å²) in [6, 6.07) is 17.7. The quantitative estimate of drug-likeness (QED) is 0.602. The van der Waals surface area contributed by atoms with Gasteiger partial charge in [0.2, 0.25) is 0 Å². The zero-order chi connectivity index (χ0) is 20.1. The fourth-order valence-electron chi connectivity index (χ4n) is 3.34. The molecule has 0 spiro atoms. The first kappa shape index (κ1) is 20.0. The number of hydrogen-bond donors (Lipinski definition) is 1. The summed E-state index contributed by atoms with van der Waals surface area (Å²) < 4.78 is 6.06. The van der Waals surface area contributed by atoms with E-state index in [2.05, 4.69) is 25.1 Å². The minimum absolute atomic E-state index is 0.0816. The molecule has 0 aliphatic carbocycles. The number of aromatic hydroxyl groups is 1. The van der Waals surface area contributed by atoms with Crippen LogP contribution >= 0.6 is 0 Å². The molecule has 4 nitrogen and oxygen atoms in total. The number of benzene rings is 2. The Kier molecular flexibility index (Phi) is 6.39. The maximum atomic E-state index is 10.0. The van der Waals surface area contributed by atoms with Crippen molar-refractivity contribution in [3.05, 3.63) is 59.7 Å². The second-order valence-electron chi connectivity index (χ2n) is 6.54. The number of methoxy groups -OCH3 is 1. The van der Waals surface area contributed by atoms with Gasteiger partial charge in [0.1, 0.15) is 0 Å². The standard InChI is InChI=1S/C23H23AsN2O2/c1-3-4-10-17-21(16-11-12-19(27)20(13-16)28-2)18(14-25)23(24)26-22(17)15-8-6-5-7-9-15/h5-9,11-13,27H,3-4,10,24H2,1-2H3. The van der Waals surface area contributed by atoms with Crippen molar-refractivity contribution in [2.45, 2.75) is 26.2 Å². The number of rotatable bonds is 6. The molecule has 1 N–H and O–H groups in total. The topological polar surface area (TPSA) is 66.1 Å². The summed E-state index contributed by atoms with van der Waals surface area (Å²) in [7, 11) is 1.53. The van der Waals surface area contributed by atoms with Crippen molar-refractivity contribution in [2.24, 2.45) is 0 Å². The van der Waals surface area contributed by atoms with Gasteiger partial charge in [-0.3, -0.25) is 0 Å². The van der Waals surface area contributed by atoms with Crippen LogP contribution in [-0.2, 0) is 6.42 Å². The third kappa shape index (κ3) is 3.91. The molecule has 3 aromatic rings. The van der Waals surface area contributed by atoms with E-state index in [1.807, 2.05) is 24.3 Å². The van der Waals surface area contributed by atoms with E-state index in [1.54, 1.807) is 12.1 Å². The fraction of sp³-hybridized carbons (Fsp3) is 0.217. The van der Waals surface area contributed by atoms with Crippen molar-refractivity contribution >= 4 is 21.3 Å². The second kappa shape index (κ2) is 8.95. The average molecular weight is 434 g/mol. The number of pyridine rings is 1. The molecule has 0 aliphatic rings. The Labute approximate surface area is 174 Å². The summed E-state index contributed by atoms with van der Waals surface area (Å²) in [6.07, 6.45) is 2.88. The molecule has 0 amide bonds. The van der Waals surface area contributed by atoms with Crippen molar-refractivity contribution in [1.29, 1.82) is 5.26 Å². The first-order chi connectivity index (χ1) is 13.6. The predicted octanol–water partition coefficient (Wildman–Crippen LogP) is 3.60. The van der Waals surface area contributed by atoms with Gasteiger partial charge in [0.05, 0.1) is 0 Å². The summed E-state index contributed by atoms with van der Waals surface area (Å²) in [5, 5.41) is 19.9. The van der Waals surface area contributed by atoms with Gasteiger partial charge in [0.15, 0.2) is 0 Å². The molecule has 0 bridgehead atoms. The van der Waals surface area contributed by atoms with Gasteiger partial charge in [0.25, 0.3) is 0 Å². The van der Waals surface area contributed by atoms with Crippen molar-refractivity contribution in [1.82, 2.24) is 4.98 Å². The fourth-order valence-corrected chi connectivity index (χ4v) is 4.05. The summed E-state index contributed by atoms with van der Waals surface area (Å²) in [5.41, 5.74) is 5.38. The first-order valence-electron chi connectivity index (χ1n) is 9.25. The molecule has 1 heterocycles. The summed E-state index contributed by atoms with van der Waals surface area (Å²) in [4.78, 5) is 4.84. The minimum atomic E-state index is 0.0816. The monoisotopic (exact) mass is 434 g/mol. The number of unbranched alkanes of at least 4 members (excludes halogenated alkanes) is 1.